The normalized spacial score (nSPS) is 18.6. The molecule has 3 aromatic heterocycles. The van der Waals surface area contributed by atoms with Gasteiger partial charge in [0.1, 0.15) is 11.9 Å². The van der Waals surface area contributed by atoms with Crippen molar-refractivity contribution in [2.45, 2.75) is 39.8 Å². The molecule has 1 atom stereocenters. The van der Waals surface area contributed by atoms with E-state index >= 15 is 0 Å². The summed E-state index contributed by atoms with van der Waals surface area (Å²) >= 11 is 0. The van der Waals surface area contributed by atoms with Crippen LogP contribution in [0.1, 0.15) is 29.3 Å². The van der Waals surface area contributed by atoms with Crippen LogP contribution in [0.25, 0.3) is 17.0 Å². The smallest absolute Gasteiger partial charge is 0.253 e. The SMILES string of the molecule is Cc1nc2nc(C)c(O[C@H]3CCN(c4ccc(-c5ccc(CN6CCOCC6)nn5)cc4)C3)c(C)n2n1. The Hall–Kier alpha value is -3.63. The molecule has 10 nitrogen and oxygen atoms in total. The maximum absolute atomic E-state index is 6.44. The van der Waals surface area contributed by atoms with Gasteiger partial charge in [0, 0.05) is 43.9 Å². The van der Waals surface area contributed by atoms with Crippen LogP contribution in [0.5, 0.6) is 5.75 Å². The summed E-state index contributed by atoms with van der Waals surface area (Å²) in [6, 6.07) is 12.7. The molecule has 192 valence electrons. The van der Waals surface area contributed by atoms with Gasteiger partial charge >= 0.3 is 0 Å². The molecule has 2 saturated heterocycles. The van der Waals surface area contributed by atoms with Crippen molar-refractivity contribution >= 4 is 11.5 Å². The zero-order chi connectivity index (χ0) is 25.4. The highest BCUT2D eigenvalue weighted by atomic mass is 16.5. The van der Waals surface area contributed by atoms with Gasteiger partial charge in [-0.15, -0.1) is 5.10 Å². The third kappa shape index (κ3) is 4.99. The molecular formula is C27H32N8O2. The molecule has 0 radical (unpaired) electrons. The van der Waals surface area contributed by atoms with Crippen molar-refractivity contribution in [3.05, 3.63) is 59.3 Å². The Morgan fingerprint density at radius 2 is 1.76 bits per heavy atom. The molecule has 6 rings (SSSR count). The summed E-state index contributed by atoms with van der Waals surface area (Å²) in [4.78, 5) is 13.7. The molecule has 0 bridgehead atoms. The molecule has 0 amide bonds. The molecule has 5 heterocycles. The molecule has 4 aromatic rings. The molecule has 0 spiro atoms. The highest BCUT2D eigenvalue weighted by molar-refractivity contribution is 5.63. The molecule has 2 aliphatic heterocycles. The van der Waals surface area contributed by atoms with Gasteiger partial charge in [-0.05, 0) is 45.0 Å². The highest BCUT2D eigenvalue weighted by Gasteiger charge is 2.26. The molecule has 2 fully saturated rings. The van der Waals surface area contributed by atoms with E-state index < -0.39 is 0 Å². The van der Waals surface area contributed by atoms with E-state index in [4.69, 9.17) is 9.47 Å². The second-order valence-electron chi connectivity index (χ2n) is 9.80. The number of morpholine rings is 1. The lowest BCUT2D eigenvalue weighted by molar-refractivity contribution is 0.0335. The van der Waals surface area contributed by atoms with Crippen LogP contribution in [0.4, 0.5) is 5.69 Å². The van der Waals surface area contributed by atoms with Crippen LogP contribution in [0.15, 0.2) is 36.4 Å². The van der Waals surface area contributed by atoms with Crippen LogP contribution in [0.3, 0.4) is 0 Å². The van der Waals surface area contributed by atoms with Gasteiger partial charge in [0.15, 0.2) is 5.75 Å². The summed E-state index contributed by atoms with van der Waals surface area (Å²) in [6.45, 7) is 11.9. The van der Waals surface area contributed by atoms with E-state index in [1.807, 2.05) is 20.8 Å². The molecule has 10 heteroatoms. The molecule has 0 aliphatic carbocycles. The number of nitrogens with zero attached hydrogens (tertiary/aromatic N) is 8. The lowest BCUT2D eigenvalue weighted by atomic mass is 10.1. The Kier molecular flexibility index (Phi) is 6.43. The maximum Gasteiger partial charge on any atom is 0.253 e. The summed E-state index contributed by atoms with van der Waals surface area (Å²) in [5, 5.41) is 13.4. The number of hydrogen-bond donors (Lipinski definition) is 0. The molecule has 0 unspecified atom stereocenters. The number of anilines is 1. The minimum Gasteiger partial charge on any atom is -0.485 e. The zero-order valence-corrected chi connectivity index (χ0v) is 21.6. The summed E-state index contributed by atoms with van der Waals surface area (Å²) in [5.74, 6) is 2.12. The topological polar surface area (TPSA) is 93.8 Å². The first-order chi connectivity index (χ1) is 18.0. The quantitative estimate of drug-likeness (QED) is 0.396. The first-order valence-corrected chi connectivity index (χ1v) is 12.9. The summed E-state index contributed by atoms with van der Waals surface area (Å²) in [6.07, 6.45) is 1.04. The van der Waals surface area contributed by atoms with Gasteiger partial charge in [0.05, 0.1) is 42.5 Å². The second-order valence-corrected chi connectivity index (χ2v) is 9.80. The largest absolute Gasteiger partial charge is 0.485 e. The van der Waals surface area contributed by atoms with Crippen molar-refractivity contribution in [2.24, 2.45) is 0 Å². The number of rotatable bonds is 6. The minimum absolute atomic E-state index is 0.0887. The first kappa shape index (κ1) is 23.7. The molecule has 37 heavy (non-hydrogen) atoms. The third-order valence-electron chi connectivity index (χ3n) is 7.11. The summed E-state index contributed by atoms with van der Waals surface area (Å²) in [7, 11) is 0. The van der Waals surface area contributed by atoms with E-state index in [2.05, 4.69) is 71.5 Å². The summed E-state index contributed by atoms with van der Waals surface area (Å²) in [5.41, 5.74) is 5.90. The molecule has 0 N–H and O–H groups in total. The van der Waals surface area contributed by atoms with Crippen LogP contribution >= 0.6 is 0 Å². The number of benzene rings is 1. The fourth-order valence-electron chi connectivity index (χ4n) is 5.09. The number of ether oxygens (including phenoxy) is 2. The average Bonchev–Trinajstić information content (AvgIpc) is 3.54. The fraction of sp³-hybridized carbons (Fsp3) is 0.444. The molecule has 2 aliphatic rings. The molecule has 0 saturated carbocycles. The van der Waals surface area contributed by atoms with Gasteiger partial charge in [-0.2, -0.15) is 19.7 Å². The van der Waals surface area contributed by atoms with Gasteiger partial charge in [-0.25, -0.2) is 4.98 Å². The Bertz CT molecular complexity index is 1380. The predicted molar refractivity (Wildman–Crippen MR) is 140 cm³/mol. The van der Waals surface area contributed by atoms with Gasteiger partial charge in [-0.1, -0.05) is 12.1 Å². The van der Waals surface area contributed by atoms with Crippen molar-refractivity contribution in [3.8, 4) is 17.0 Å². The van der Waals surface area contributed by atoms with E-state index in [1.54, 1.807) is 4.52 Å². The third-order valence-corrected chi connectivity index (χ3v) is 7.11. The van der Waals surface area contributed by atoms with Crippen LogP contribution in [-0.4, -0.2) is 80.2 Å². The van der Waals surface area contributed by atoms with Crippen LogP contribution in [0.2, 0.25) is 0 Å². The van der Waals surface area contributed by atoms with E-state index in [-0.39, 0.29) is 6.10 Å². The number of aromatic nitrogens is 6. The number of aryl methyl sites for hydroxylation is 3. The van der Waals surface area contributed by atoms with Crippen LogP contribution < -0.4 is 9.64 Å². The van der Waals surface area contributed by atoms with Gasteiger partial charge < -0.3 is 14.4 Å². The van der Waals surface area contributed by atoms with E-state index in [1.165, 1.54) is 5.69 Å². The molecule has 1 aromatic carbocycles. The lowest BCUT2D eigenvalue weighted by Gasteiger charge is -2.25. The maximum atomic E-state index is 6.44. The van der Waals surface area contributed by atoms with Crippen molar-refractivity contribution in [1.29, 1.82) is 0 Å². The van der Waals surface area contributed by atoms with Gasteiger partial charge in [-0.3, -0.25) is 4.90 Å². The Morgan fingerprint density at radius 1 is 0.946 bits per heavy atom. The van der Waals surface area contributed by atoms with E-state index in [0.717, 1.165) is 86.4 Å². The number of fused-ring (bicyclic) bond motifs is 1. The first-order valence-electron chi connectivity index (χ1n) is 12.9. The fourth-order valence-corrected chi connectivity index (χ4v) is 5.09. The average molecular weight is 501 g/mol. The lowest BCUT2D eigenvalue weighted by Crippen LogP contribution is -2.35. The Balaban J connectivity index is 1.09. The number of hydrogen-bond acceptors (Lipinski definition) is 9. The standard InChI is InChI=1S/C27H32N8O2/c1-18-26(19(2)35-27(28-18)29-20(3)32-35)37-24-10-11-34(17-24)23-7-4-21(5-8-23)25-9-6-22(30-31-25)16-33-12-14-36-15-13-33/h4-9,24H,10-17H2,1-3H3/t24-/m0/s1. The molecular weight excluding hydrogens is 468 g/mol. The van der Waals surface area contributed by atoms with Crippen LogP contribution in [0, 0.1) is 20.8 Å². The highest BCUT2D eigenvalue weighted by Crippen LogP contribution is 2.29. The Labute approximate surface area is 216 Å². The Morgan fingerprint density at radius 3 is 2.51 bits per heavy atom. The van der Waals surface area contributed by atoms with Crippen molar-refractivity contribution in [1.82, 2.24) is 34.7 Å². The van der Waals surface area contributed by atoms with Crippen molar-refractivity contribution in [3.63, 3.8) is 0 Å². The second kappa shape index (κ2) is 10.0. The predicted octanol–water partition coefficient (Wildman–Crippen LogP) is 3.00. The monoisotopic (exact) mass is 500 g/mol. The minimum atomic E-state index is 0.0887. The van der Waals surface area contributed by atoms with Gasteiger partial charge in [0.25, 0.3) is 5.78 Å². The van der Waals surface area contributed by atoms with Crippen molar-refractivity contribution in [2.75, 3.05) is 44.3 Å². The van der Waals surface area contributed by atoms with E-state index in [9.17, 15) is 0 Å². The zero-order valence-electron chi connectivity index (χ0n) is 21.6. The van der Waals surface area contributed by atoms with Crippen LogP contribution in [-0.2, 0) is 11.3 Å². The summed E-state index contributed by atoms with van der Waals surface area (Å²) < 4.78 is 13.6. The van der Waals surface area contributed by atoms with Crippen molar-refractivity contribution < 1.29 is 9.47 Å². The van der Waals surface area contributed by atoms with Gasteiger partial charge in [0.2, 0.25) is 0 Å². The van der Waals surface area contributed by atoms with E-state index in [0.29, 0.717) is 11.6 Å².